The van der Waals surface area contributed by atoms with Crippen LogP contribution in [0.3, 0.4) is 0 Å². The summed E-state index contributed by atoms with van der Waals surface area (Å²) < 4.78 is 12.0. The number of hydrogen-bond acceptors (Lipinski definition) is 6. The van der Waals surface area contributed by atoms with Crippen LogP contribution in [0.15, 0.2) is 18.2 Å². The van der Waals surface area contributed by atoms with E-state index in [1.807, 2.05) is 28.0 Å². The van der Waals surface area contributed by atoms with Crippen LogP contribution in [0.4, 0.5) is 0 Å². The second kappa shape index (κ2) is 14.6. The number of rotatable bonds is 15. The van der Waals surface area contributed by atoms with Gasteiger partial charge in [-0.25, -0.2) is 0 Å². The minimum Gasteiger partial charge on any atom is -0.481 e. The maximum atomic E-state index is 13.8. The summed E-state index contributed by atoms with van der Waals surface area (Å²) in [5.74, 6) is -0.393. The first-order valence-electron chi connectivity index (χ1n) is 15.8. The summed E-state index contributed by atoms with van der Waals surface area (Å²) in [6.45, 7) is 6.64. The van der Waals surface area contributed by atoms with Crippen molar-refractivity contribution in [2.24, 2.45) is 5.92 Å². The first-order chi connectivity index (χ1) is 20.1. The smallest absolute Gasteiger partial charge is 0.308 e. The van der Waals surface area contributed by atoms with Gasteiger partial charge in [-0.05, 0) is 56.2 Å². The van der Waals surface area contributed by atoms with Crippen molar-refractivity contribution in [3.63, 3.8) is 0 Å². The zero-order valence-electron chi connectivity index (χ0n) is 26.1. The van der Waals surface area contributed by atoms with E-state index in [-0.39, 0.29) is 37.1 Å². The molecule has 0 spiro atoms. The quantitative estimate of drug-likeness (QED) is 0.248. The molecule has 3 unspecified atom stereocenters. The number of aliphatic carboxylic acids is 1. The maximum absolute atomic E-state index is 13.8. The van der Waals surface area contributed by atoms with Gasteiger partial charge in [0.25, 0.3) is 0 Å². The molecule has 0 aromatic heterocycles. The molecule has 3 aliphatic heterocycles. The minimum absolute atomic E-state index is 0.0585. The summed E-state index contributed by atoms with van der Waals surface area (Å²) in [4.78, 5) is 45.1. The fourth-order valence-corrected chi connectivity index (χ4v) is 6.59. The van der Waals surface area contributed by atoms with Gasteiger partial charge in [0.05, 0.1) is 40.2 Å². The molecule has 10 nitrogen and oxygen atoms in total. The van der Waals surface area contributed by atoms with Crippen LogP contribution in [0.2, 0.25) is 0 Å². The number of unbranched alkanes of at least 4 members (excludes halogenated alkanes) is 2. The Morgan fingerprint density at radius 1 is 1.07 bits per heavy atom. The Kier molecular flexibility index (Phi) is 11.1. The summed E-state index contributed by atoms with van der Waals surface area (Å²) in [6, 6.07) is 5.30. The molecule has 2 amide bonds. The summed E-state index contributed by atoms with van der Waals surface area (Å²) in [5, 5.41) is 10.5. The van der Waals surface area contributed by atoms with Crippen molar-refractivity contribution < 1.29 is 33.4 Å². The number of carboxylic acids is 1. The fourth-order valence-electron chi connectivity index (χ4n) is 6.59. The normalized spacial score (nSPS) is 22.5. The second-order valence-corrected chi connectivity index (χ2v) is 13.2. The number of carbonyl (C=O) groups excluding carboxylic acids is 2. The number of quaternary nitrogens is 1. The van der Waals surface area contributed by atoms with Gasteiger partial charge in [0, 0.05) is 51.1 Å². The van der Waals surface area contributed by atoms with Crippen LogP contribution in [0.1, 0.15) is 69.8 Å². The van der Waals surface area contributed by atoms with E-state index in [2.05, 4.69) is 33.0 Å². The Labute approximate surface area is 251 Å². The van der Waals surface area contributed by atoms with Crippen molar-refractivity contribution in [3.05, 3.63) is 23.8 Å². The lowest BCUT2D eigenvalue weighted by molar-refractivity contribution is -0.870. The van der Waals surface area contributed by atoms with Gasteiger partial charge in [0.15, 0.2) is 11.5 Å². The maximum Gasteiger partial charge on any atom is 0.308 e. The van der Waals surface area contributed by atoms with E-state index < -0.39 is 11.9 Å². The summed E-state index contributed by atoms with van der Waals surface area (Å²) in [5.41, 5.74) is 0.879. The number of piperidine rings is 1. The van der Waals surface area contributed by atoms with Gasteiger partial charge >= 0.3 is 5.97 Å². The zero-order valence-corrected chi connectivity index (χ0v) is 26.1. The van der Waals surface area contributed by atoms with E-state index in [1.54, 1.807) is 0 Å². The van der Waals surface area contributed by atoms with Crippen molar-refractivity contribution in [1.82, 2.24) is 14.7 Å². The Bertz CT molecular complexity index is 1090. The molecule has 1 N–H and O–H groups in total. The third kappa shape index (κ3) is 8.37. The number of benzene rings is 1. The van der Waals surface area contributed by atoms with Crippen LogP contribution < -0.4 is 9.47 Å². The fraction of sp³-hybridized carbons (Fsp3) is 0.719. The topological polar surface area (TPSA) is 99.6 Å². The van der Waals surface area contributed by atoms with Gasteiger partial charge in [-0.3, -0.25) is 19.3 Å². The molecule has 4 rings (SSSR count). The first kappa shape index (κ1) is 32.1. The van der Waals surface area contributed by atoms with E-state index in [0.29, 0.717) is 57.1 Å². The second-order valence-electron chi connectivity index (χ2n) is 13.2. The number of hydrogen-bond donors (Lipinski definition) is 1. The minimum atomic E-state index is -0.870. The van der Waals surface area contributed by atoms with Gasteiger partial charge in [-0.2, -0.15) is 0 Å². The number of fused-ring (bicyclic) bond motifs is 1. The predicted molar refractivity (Wildman–Crippen MR) is 160 cm³/mol. The highest BCUT2D eigenvalue weighted by molar-refractivity contribution is 5.79. The van der Waals surface area contributed by atoms with Crippen molar-refractivity contribution >= 4 is 17.8 Å². The monoisotopic (exact) mass is 587 g/mol. The molecule has 1 aromatic rings. The molecule has 10 heteroatoms. The highest BCUT2D eigenvalue weighted by atomic mass is 16.7. The number of nitrogens with zero attached hydrogens (tertiary/aromatic N) is 4. The van der Waals surface area contributed by atoms with Crippen LogP contribution in [0, 0.1) is 5.92 Å². The van der Waals surface area contributed by atoms with Crippen molar-refractivity contribution in [1.29, 1.82) is 0 Å². The molecule has 3 atom stereocenters. The third-order valence-electron chi connectivity index (χ3n) is 8.95. The molecule has 2 fully saturated rings. The van der Waals surface area contributed by atoms with Crippen LogP contribution in [0.25, 0.3) is 0 Å². The lowest BCUT2D eigenvalue weighted by Crippen LogP contribution is -2.46. The Balaban J connectivity index is 1.53. The SMILES string of the molecule is CCCCN(CCCC[N+](C)(C)C)C(=O)CN1CC(c2ccc3c(c2)OCO3)C(C(=O)O)C1CCN1CCCCC1=O. The number of likely N-dealkylation sites (tertiary alicyclic amines) is 2. The highest BCUT2D eigenvalue weighted by Crippen LogP contribution is 2.42. The molecular formula is C32H51N4O6+. The van der Waals surface area contributed by atoms with Gasteiger partial charge in [0.2, 0.25) is 18.6 Å². The highest BCUT2D eigenvalue weighted by Gasteiger charge is 2.47. The van der Waals surface area contributed by atoms with Gasteiger partial charge in [0.1, 0.15) is 0 Å². The van der Waals surface area contributed by atoms with Crippen LogP contribution >= 0.6 is 0 Å². The van der Waals surface area contributed by atoms with Gasteiger partial charge in [-0.15, -0.1) is 0 Å². The molecule has 0 bridgehead atoms. The molecule has 42 heavy (non-hydrogen) atoms. The summed E-state index contributed by atoms with van der Waals surface area (Å²) in [7, 11) is 6.54. The number of carboxylic acid groups (broad SMARTS) is 1. The molecule has 0 saturated carbocycles. The Hall–Kier alpha value is -2.85. The lowest BCUT2D eigenvalue weighted by Gasteiger charge is -2.32. The average Bonchev–Trinajstić information content (AvgIpc) is 3.55. The summed E-state index contributed by atoms with van der Waals surface area (Å²) in [6.07, 6.45) is 6.90. The van der Waals surface area contributed by atoms with E-state index in [4.69, 9.17) is 9.47 Å². The molecule has 1 aromatic carbocycles. The van der Waals surface area contributed by atoms with E-state index in [1.165, 1.54) is 0 Å². The van der Waals surface area contributed by atoms with E-state index in [9.17, 15) is 19.5 Å². The average molecular weight is 588 g/mol. The van der Waals surface area contributed by atoms with Crippen LogP contribution in [-0.4, -0.2) is 122 Å². The Morgan fingerprint density at radius 3 is 2.55 bits per heavy atom. The lowest BCUT2D eigenvalue weighted by atomic mass is 9.84. The van der Waals surface area contributed by atoms with Crippen molar-refractivity contribution in [3.8, 4) is 11.5 Å². The largest absolute Gasteiger partial charge is 0.481 e. The molecule has 234 valence electrons. The molecule has 2 saturated heterocycles. The predicted octanol–water partition coefficient (Wildman–Crippen LogP) is 3.40. The van der Waals surface area contributed by atoms with Crippen molar-refractivity contribution in [2.45, 2.75) is 70.3 Å². The molecule has 3 heterocycles. The molecule has 0 radical (unpaired) electrons. The van der Waals surface area contributed by atoms with Crippen LogP contribution in [-0.2, 0) is 14.4 Å². The number of carbonyl (C=O) groups is 3. The number of amides is 2. The molecule has 0 aliphatic carbocycles. The molecular weight excluding hydrogens is 536 g/mol. The van der Waals surface area contributed by atoms with E-state index >= 15 is 0 Å². The zero-order chi connectivity index (χ0) is 30.3. The Morgan fingerprint density at radius 2 is 1.83 bits per heavy atom. The van der Waals surface area contributed by atoms with E-state index in [0.717, 1.165) is 55.1 Å². The first-order valence-corrected chi connectivity index (χ1v) is 15.8. The van der Waals surface area contributed by atoms with Gasteiger partial charge < -0.3 is 28.9 Å². The number of ether oxygens (including phenoxy) is 2. The third-order valence-corrected chi connectivity index (χ3v) is 8.95. The van der Waals surface area contributed by atoms with Crippen LogP contribution in [0.5, 0.6) is 11.5 Å². The van der Waals surface area contributed by atoms with Gasteiger partial charge in [-0.1, -0.05) is 19.4 Å². The molecule has 3 aliphatic rings. The standard InChI is InChI=1S/C32H50N4O6/c1-5-6-15-33(17-9-10-19-36(2,3)4)30(38)22-35-21-25(24-12-13-27-28(20-24)42-23-41-27)31(32(39)40)26(35)14-18-34-16-8-7-11-29(34)37/h12-13,20,25-26,31H,5-11,14-19,21-23H2,1-4H3/p+1. The van der Waals surface area contributed by atoms with Crippen molar-refractivity contribution in [2.75, 3.05) is 73.7 Å². The summed E-state index contributed by atoms with van der Waals surface area (Å²) >= 11 is 0.